The number of hydrogen-bond acceptors (Lipinski definition) is 1. The van der Waals surface area contributed by atoms with Gasteiger partial charge in [-0.1, -0.05) is 38.7 Å². The van der Waals surface area contributed by atoms with Gasteiger partial charge < -0.3 is 28.5 Å². The van der Waals surface area contributed by atoms with E-state index in [1.165, 1.54) is 74.5 Å². The van der Waals surface area contributed by atoms with E-state index >= 15 is 0 Å². The highest BCUT2D eigenvalue weighted by Gasteiger charge is 2.38. The molecule has 0 spiro atoms. The highest BCUT2D eigenvalue weighted by molar-refractivity contribution is 5.12. The van der Waals surface area contributed by atoms with Gasteiger partial charge in [-0.05, 0) is 18.9 Å². The second-order valence-corrected chi connectivity index (χ2v) is 6.64. The van der Waals surface area contributed by atoms with Gasteiger partial charge in [0.25, 0.3) is 0 Å². The summed E-state index contributed by atoms with van der Waals surface area (Å²) in [5.41, 5.74) is 1.44. The van der Waals surface area contributed by atoms with Crippen LogP contribution in [0.2, 0.25) is 0 Å². The molecule has 120 valence electrons. The number of aromatic nitrogens is 1. The number of halogens is 1. The third-order valence-corrected chi connectivity index (χ3v) is 4.99. The van der Waals surface area contributed by atoms with E-state index in [0.717, 1.165) is 0 Å². The molecule has 1 fully saturated rings. The maximum Gasteiger partial charge on any atom is 0.116 e. The number of pyridine rings is 1. The number of rotatable bonds is 8. The normalized spacial score (nSPS) is 24.8. The topological polar surface area (TPSA) is 12.9 Å². The second-order valence-electron chi connectivity index (χ2n) is 6.64. The zero-order valence-electron chi connectivity index (χ0n) is 13.7. The van der Waals surface area contributed by atoms with Gasteiger partial charge in [0, 0.05) is 30.8 Å². The zero-order chi connectivity index (χ0) is 14.3. The van der Waals surface area contributed by atoms with Crippen LogP contribution in [0.1, 0.15) is 69.9 Å². The van der Waals surface area contributed by atoms with Crippen molar-refractivity contribution in [2.24, 2.45) is 0 Å². The molecule has 0 saturated carbocycles. The van der Waals surface area contributed by atoms with Crippen LogP contribution in [-0.2, 0) is 0 Å². The molecule has 0 aromatic carbocycles. The summed E-state index contributed by atoms with van der Waals surface area (Å²) in [7, 11) is 2.46. The van der Waals surface area contributed by atoms with E-state index in [2.05, 4.69) is 37.3 Å². The van der Waals surface area contributed by atoms with Crippen molar-refractivity contribution in [1.29, 1.82) is 0 Å². The molecule has 1 aromatic rings. The molecule has 1 aromatic heterocycles. The summed E-state index contributed by atoms with van der Waals surface area (Å²) in [5.74, 6) is 0. The fourth-order valence-electron chi connectivity index (χ4n) is 3.73. The third-order valence-electron chi connectivity index (χ3n) is 4.99. The lowest BCUT2D eigenvalue weighted by molar-refractivity contribution is -0.927. The van der Waals surface area contributed by atoms with Crippen LogP contribution < -0.4 is 24.0 Å². The lowest BCUT2D eigenvalue weighted by atomic mass is 10.0. The monoisotopic (exact) mass is 402 g/mol. The lowest BCUT2D eigenvalue weighted by Crippen LogP contribution is -3.00. The molecule has 0 aliphatic carbocycles. The van der Waals surface area contributed by atoms with Crippen molar-refractivity contribution >= 4 is 0 Å². The molecule has 1 saturated heterocycles. The Labute approximate surface area is 148 Å². The predicted molar refractivity (Wildman–Crippen MR) is 85.5 cm³/mol. The first-order chi connectivity index (χ1) is 9.76. The van der Waals surface area contributed by atoms with Crippen LogP contribution in [0.4, 0.5) is 0 Å². The standard InChI is InChI=1S/C18H31N2.HI/c1-3-4-5-6-7-8-14-20(2)15-10-12-18(20)17-11-9-13-19-16-17;/h9,11,13,16,18H,3-8,10,12,14-15H2,1-2H3;1H/q+1;/p-1. The van der Waals surface area contributed by atoms with Crippen molar-refractivity contribution in [2.75, 3.05) is 20.1 Å². The number of quaternary nitrogens is 1. The van der Waals surface area contributed by atoms with Gasteiger partial charge in [-0.25, -0.2) is 0 Å². The van der Waals surface area contributed by atoms with Crippen molar-refractivity contribution < 1.29 is 28.5 Å². The van der Waals surface area contributed by atoms with E-state index < -0.39 is 0 Å². The Balaban J connectivity index is 0.00000220. The van der Waals surface area contributed by atoms with Crippen molar-refractivity contribution in [3.05, 3.63) is 30.1 Å². The fourth-order valence-corrected chi connectivity index (χ4v) is 3.73. The van der Waals surface area contributed by atoms with E-state index in [4.69, 9.17) is 0 Å². The lowest BCUT2D eigenvalue weighted by Gasteiger charge is -2.36. The molecular formula is C18H31IN2. The molecule has 2 nitrogen and oxygen atoms in total. The van der Waals surface area contributed by atoms with Gasteiger partial charge in [0.1, 0.15) is 6.04 Å². The number of likely N-dealkylation sites (tertiary alicyclic amines) is 1. The molecule has 0 N–H and O–H groups in total. The quantitative estimate of drug-likeness (QED) is 0.367. The highest BCUT2D eigenvalue weighted by atomic mass is 127. The number of nitrogens with zero attached hydrogens (tertiary/aromatic N) is 2. The summed E-state index contributed by atoms with van der Waals surface area (Å²) in [5, 5.41) is 0. The molecule has 1 aliphatic rings. The molecule has 0 bridgehead atoms. The Morgan fingerprint density at radius 1 is 1.19 bits per heavy atom. The molecule has 21 heavy (non-hydrogen) atoms. The Morgan fingerprint density at radius 2 is 1.95 bits per heavy atom. The molecular weight excluding hydrogens is 371 g/mol. The van der Waals surface area contributed by atoms with Crippen molar-refractivity contribution in [3.8, 4) is 0 Å². The minimum Gasteiger partial charge on any atom is -1.00 e. The largest absolute Gasteiger partial charge is 1.00 e. The summed E-state index contributed by atoms with van der Waals surface area (Å²) < 4.78 is 1.24. The summed E-state index contributed by atoms with van der Waals surface area (Å²) >= 11 is 0. The molecule has 0 amide bonds. The van der Waals surface area contributed by atoms with E-state index in [1.54, 1.807) is 0 Å². The van der Waals surface area contributed by atoms with Gasteiger partial charge in [0.15, 0.2) is 0 Å². The first-order valence-corrected chi connectivity index (χ1v) is 8.50. The fraction of sp³-hybridized carbons (Fsp3) is 0.722. The minimum atomic E-state index is 0. The van der Waals surface area contributed by atoms with Crippen LogP contribution in [-0.4, -0.2) is 29.6 Å². The Hall–Kier alpha value is -0.160. The Kier molecular flexibility index (Phi) is 8.79. The van der Waals surface area contributed by atoms with Gasteiger partial charge in [-0.15, -0.1) is 0 Å². The van der Waals surface area contributed by atoms with Crippen molar-refractivity contribution in [1.82, 2.24) is 4.98 Å². The average molecular weight is 402 g/mol. The molecule has 2 heterocycles. The Morgan fingerprint density at radius 3 is 2.67 bits per heavy atom. The first kappa shape index (κ1) is 18.9. The van der Waals surface area contributed by atoms with Gasteiger partial charge in [0.2, 0.25) is 0 Å². The number of hydrogen-bond donors (Lipinski definition) is 0. The van der Waals surface area contributed by atoms with Crippen LogP contribution in [0.3, 0.4) is 0 Å². The minimum absolute atomic E-state index is 0. The van der Waals surface area contributed by atoms with E-state index in [0.29, 0.717) is 6.04 Å². The summed E-state index contributed by atoms with van der Waals surface area (Å²) in [6.07, 6.45) is 15.1. The molecule has 2 atom stereocenters. The third kappa shape index (κ3) is 5.51. The second kappa shape index (κ2) is 9.78. The van der Waals surface area contributed by atoms with Gasteiger partial charge >= 0.3 is 0 Å². The van der Waals surface area contributed by atoms with Gasteiger partial charge in [-0.3, -0.25) is 4.98 Å². The van der Waals surface area contributed by atoms with Crippen LogP contribution in [0.15, 0.2) is 24.5 Å². The van der Waals surface area contributed by atoms with Crippen LogP contribution >= 0.6 is 0 Å². The van der Waals surface area contributed by atoms with E-state index in [1.807, 2.05) is 6.20 Å². The molecule has 0 radical (unpaired) electrons. The van der Waals surface area contributed by atoms with Crippen LogP contribution in [0, 0.1) is 0 Å². The van der Waals surface area contributed by atoms with Gasteiger partial charge in [0.05, 0.1) is 20.1 Å². The molecule has 2 rings (SSSR count). The summed E-state index contributed by atoms with van der Waals surface area (Å²) in [6.45, 7) is 4.97. The Bertz CT molecular complexity index is 382. The van der Waals surface area contributed by atoms with Crippen LogP contribution in [0.5, 0.6) is 0 Å². The summed E-state index contributed by atoms with van der Waals surface area (Å²) in [4.78, 5) is 4.32. The average Bonchev–Trinajstić information content (AvgIpc) is 2.86. The van der Waals surface area contributed by atoms with E-state index in [-0.39, 0.29) is 24.0 Å². The van der Waals surface area contributed by atoms with Crippen LogP contribution in [0.25, 0.3) is 0 Å². The van der Waals surface area contributed by atoms with Crippen molar-refractivity contribution in [3.63, 3.8) is 0 Å². The summed E-state index contributed by atoms with van der Waals surface area (Å²) in [6, 6.07) is 5.03. The highest BCUT2D eigenvalue weighted by Crippen LogP contribution is 2.37. The molecule has 2 unspecified atom stereocenters. The number of unbranched alkanes of at least 4 members (excludes halogenated alkanes) is 5. The SMILES string of the molecule is CCCCCCCC[N+]1(C)CCCC1c1cccnc1.[I-]. The smallest absolute Gasteiger partial charge is 0.116 e. The predicted octanol–water partition coefficient (Wildman–Crippen LogP) is 1.73. The van der Waals surface area contributed by atoms with E-state index in [9.17, 15) is 0 Å². The first-order valence-electron chi connectivity index (χ1n) is 8.50. The maximum atomic E-state index is 4.32. The molecule has 1 aliphatic heterocycles. The van der Waals surface area contributed by atoms with Gasteiger partial charge in [-0.2, -0.15) is 0 Å². The zero-order valence-corrected chi connectivity index (χ0v) is 15.9. The maximum absolute atomic E-state index is 4.32. The molecule has 3 heteroatoms. The van der Waals surface area contributed by atoms with Crippen molar-refractivity contribution in [2.45, 2.75) is 64.3 Å².